The zero-order valence-electron chi connectivity index (χ0n) is 17.0. The van der Waals surface area contributed by atoms with Crippen LogP contribution >= 0.6 is 24.8 Å². The third-order valence-electron chi connectivity index (χ3n) is 5.05. The average molecular weight is 439 g/mol. The van der Waals surface area contributed by atoms with Crippen LogP contribution in [0.15, 0.2) is 61.2 Å². The van der Waals surface area contributed by atoms with Gasteiger partial charge in [-0.25, -0.2) is 0 Å². The summed E-state index contributed by atoms with van der Waals surface area (Å²) in [5.41, 5.74) is 2.43. The van der Waals surface area contributed by atoms with E-state index in [2.05, 4.69) is 41.1 Å². The second kappa shape index (κ2) is 13.5. The number of rotatable bonds is 9. The highest BCUT2D eigenvalue weighted by Gasteiger charge is 2.22. The van der Waals surface area contributed by atoms with Crippen LogP contribution in [0.25, 0.3) is 0 Å². The van der Waals surface area contributed by atoms with Crippen LogP contribution in [0.2, 0.25) is 0 Å². The molecule has 1 N–H and O–H groups in total. The van der Waals surface area contributed by atoms with Crippen molar-refractivity contribution in [3.05, 3.63) is 72.3 Å². The van der Waals surface area contributed by atoms with Gasteiger partial charge in [-0.3, -0.25) is 4.90 Å². The topological polar surface area (TPSA) is 33.7 Å². The van der Waals surface area contributed by atoms with Gasteiger partial charge in [0.2, 0.25) is 0 Å². The van der Waals surface area contributed by atoms with E-state index >= 15 is 0 Å². The fraction of sp³-hybridized carbons (Fsp3) is 0.391. The first kappa shape index (κ1) is 25.3. The molecule has 0 aliphatic carbocycles. The summed E-state index contributed by atoms with van der Waals surface area (Å²) in [7, 11) is 1.69. The standard InChI is InChI=1S/C23H30N2O2.2ClH/c1-3-4-10-21(25-15-13-24-14-16-25)20-11-12-22(26-2)23(17-20)27-18-19-8-6-5-7-9-19;;/h3,5-9,11-12,17,21,24H,1,4,10,13-16,18H2,2H3;2*1H/t21-;;/m0../s1. The molecule has 1 atom stereocenters. The Bertz CT molecular complexity index is 722. The Labute approximate surface area is 187 Å². The Morgan fingerprint density at radius 1 is 1.07 bits per heavy atom. The predicted octanol–water partition coefficient (Wildman–Crippen LogP) is 5.03. The lowest BCUT2D eigenvalue weighted by Gasteiger charge is -2.35. The number of benzene rings is 2. The highest BCUT2D eigenvalue weighted by Crippen LogP contribution is 2.34. The summed E-state index contributed by atoms with van der Waals surface area (Å²) < 4.78 is 11.7. The average Bonchev–Trinajstić information content (AvgIpc) is 2.74. The van der Waals surface area contributed by atoms with E-state index in [1.807, 2.05) is 30.3 Å². The summed E-state index contributed by atoms with van der Waals surface area (Å²) in [4.78, 5) is 2.56. The van der Waals surface area contributed by atoms with E-state index < -0.39 is 0 Å². The highest BCUT2D eigenvalue weighted by atomic mass is 35.5. The second-order valence-electron chi connectivity index (χ2n) is 6.85. The SMILES string of the molecule is C=CCC[C@@H](c1ccc(OC)c(OCc2ccccc2)c1)N1CCNCC1.Cl.Cl. The maximum Gasteiger partial charge on any atom is 0.161 e. The van der Waals surface area contributed by atoms with Gasteiger partial charge in [0, 0.05) is 32.2 Å². The molecule has 0 aromatic heterocycles. The number of piperazine rings is 1. The number of hydrogen-bond acceptors (Lipinski definition) is 4. The van der Waals surface area contributed by atoms with Crippen molar-refractivity contribution >= 4 is 24.8 Å². The monoisotopic (exact) mass is 438 g/mol. The van der Waals surface area contributed by atoms with Crippen LogP contribution in [0.5, 0.6) is 11.5 Å². The van der Waals surface area contributed by atoms with Gasteiger partial charge in [-0.15, -0.1) is 31.4 Å². The van der Waals surface area contributed by atoms with Crippen molar-refractivity contribution in [2.75, 3.05) is 33.3 Å². The van der Waals surface area contributed by atoms with Gasteiger partial charge < -0.3 is 14.8 Å². The summed E-state index contributed by atoms with van der Waals surface area (Å²) in [6, 6.07) is 16.9. The van der Waals surface area contributed by atoms with E-state index in [0.717, 1.165) is 56.1 Å². The van der Waals surface area contributed by atoms with Gasteiger partial charge in [0.1, 0.15) is 6.61 Å². The molecule has 0 unspecified atom stereocenters. The second-order valence-corrected chi connectivity index (χ2v) is 6.85. The number of methoxy groups -OCH3 is 1. The fourth-order valence-corrected chi connectivity index (χ4v) is 3.58. The zero-order valence-corrected chi connectivity index (χ0v) is 18.6. The Kier molecular flexibility index (Phi) is 11.8. The van der Waals surface area contributed by atoms with Crippen molar-refractivity contribution in [3.63, 3.8) is 0 Å². The first-order valence-electron chi connectivity index (χ1n) is 9.72. The molecule has 1 aliphatic rings. The minimum Gasteiger partial charge on any atom is -0.493 e. The molecule has 6 heteroatoms. The molecule has 29 heavy (non-hydrogen) atoms. The van der Waals surface area contributed by atoms with Gasteiger partial charge in [-0.1, -0.05) is 42.5 Å². The summed E-state index contributed by atoms with van der Waals surface area (Å²) in [6.45, 7) is 8.64. The lowest BCUT2D eigenvalue weighted by Crippen LogP contribution is -2.45. The third-order valence-corrected chi connectivity index (χ3v) is 5.05. The van der Waals surface area contributed by atoms with Crippen molar-refractivity contribution in [2.24, 2.45) is 0 Å². The fourth-order valence-electron chi connectivity index (χ4n) is 3.58. The van der Waals surface area contributed by atoms with Gasteiger partial charge in [0.05, 0.1) is 7.11 Å². The zero-order chi connectivity index (χ0) is 18.9. The molecular formula is C23H32Cl2N2O2. The minimum atomic E-state index is 0. The maximum atomic E-state index is 6.12. The van der Waals surface area contributed by atoms with E-state index in [1.165, 1.54) is 5.56 Å². The van der Waals surface area contributed by atoms with Gasteiger partial charge >= 0.3 is 0 Å². The van der Waals surface area contributed by atoms with Crippen LogP contribution in [0, 0.1) is 0 Å². The molecule has 0 radical (unpaired) electrons. The Morgan fingerprint density at radius 3 is 2.45 bits per heavy atom. The Morgan fingerprint density at radius 2 is 1.79 bits per heavy atom. The van der Waals surface area contributed by atoms with Crippen LogP contribution in [-0.4, -0.2) is 38.2 Å². The summed E-state index contributed by atoms with van der Waals surface area (Å²) in [6.07, 6.45) is 4.07. The number of ether oxygens (including phenoxy) is 2. The lowest BCUT2D eigenvalue weighted by molar-refractivity contribution is 0.165. The summed E-state index contributed by atoms with van der Waals surface area (Å²) in [5.74, 6) is 1.58. The molecule has 1 fully saturated rings. The van der Waals surface area contributed by atoms with Crippen LogP contribution in [0.3, 0.4) is 0 Å². The largest absolute Gasteiger partial charge is 0.493 e. The van der Waals surface area contributed by atoms with Crippen molar-refractivity contribution < 1.29 is 9.47 Å². The number of hydrogen-bond donors (Lipinski definition) is 1. The third kappa shape index (κ3) is 7.23. The smallest absolute Gasteiger partial charge is 0.161 e. The van der Waals surface area contributed by atoms with E-state index in [9.17, 15) is 0 Å². The molecule has 2 aromatic carbocycles. The molecule has 0 saturated carbocycles. The van der Waals surface area contributed by atoms with Crippen molar-refractivity contribution in [1.82, 2.24) is 10.2 Å². The molecular weight excluding hydrogens is 407 g/mol. The molecule has 0 bridgehead atoms. The molecule has 0 spiro atoms. The first-order chi connectivity index (χ1) is 13.3. The highest BCUT2D eigenvalue weighted by molar-refractivity contribution is 5.85. The molecule has 2 aromatic rings. The molecule has 0 amide bonds. The predicted molar refractivity (Wildman–Crippen MR) is 125 cm³/mol. The molecule has 4 nitrogen and oxygen atoms in total. The van der Waals surface area contributed by atoms with Crippen molar-refractivity contribution in [2.45, 2.75) is 25.5 Å². The normalized spacial score (nSPS) is 14.8. The maximum absolute atomic E-state index is 6.12. The quantitative estimate of drug-likeness (QED) is 0.556. The molecule has 1 saturated heterocycles. The van der Waals surface area contributed by atoms with Crippen LogP contribution in [0.4, 0.5) is 0 Å². The van der Waals surface area contributed by atoms with Gasteiger partial charge in [-0.2, -0.15) is 0 Å². The number of nitrogens with one attached hydrogen (secondary N) is 1. The van der Waals surface area contributed by atoms with Crippen LogP contribution in [0.1, 0.15) is 30.0 Å². The summed E-state index contributed by atoms with van der Waals surface area (Å²) >= 11 is 0. The van der Waals surface area contributed by atoms with Gasteiger partial charge in [-0.05, 0) is 36.1 Å². The minimum absolute atomic E-state index is 0. The number of nitrogens with zero attached hydrogens (tertiary/aromatic N) is 1. The Balaban J connectivity index is 0.00000210. The molecule has 160 valence electrons. The van der Waals surface area contributed by atoms with Crippen molar-refractivity contribution in [3.8, 4) is 11.5 Å². The van der Waals surface area contributed by atoms with Crippen molar-refractivity contribution in [1.29, 1.82) is 0 Å². The number of halogens is 2. The molecule has 1 aliphatic heterocycles. The van der Waals surface area contributed by atoms with E-state index in [0.29, 0.717) is 12.6 Å². The van der Waals surface area contributed by atoms with Crippen LogP contribution in [-0.2, 0) is 6.61 Å². The molecule has 1 heterocycles. The number of allylic oxidation sites excluding steroid dienone is 1. The summed E-state index contributed by atoms with van der Waals surface area (Å²) in [5, 5.41) is 3.44. The molecule has 3 rings (SSSR count). The van der Waals surface area contributed by atoms with E-state index in [-0.39, 0.29) is 24.8 Å². The van der Waals surface area contributed by atoms with Gasteiger partial charge in [0.25, 0.3) is 0 Å². The van der Waals surface area contributed by atoms with E-state index in [4.69, 9.17) is 9.47 Å². The van der Waals surface area contributed by atoms with Gasteiger partial charge in [0.15, 0.2) is 11.5 Å². The lowest BCUT2D eigenvalue weighted by atomic mass is 9.99. The van der Waals surface area contributed by atoms with E-state index in [1.54, 1.807) is 7.11 Å². The Hall–Kier alpha value is -1.72. The van der Waals surface area contributed by atoms with Crippen LogP contribution < -0.4 is 14.8 Å². The first-order valence-corrected chi connectivity index (χ1v) is 9.72.